The molecule has 0 saturated carbocycles. The SMILES string of the molecule is CCNC(=NCc1cccc(C(=O)NC(C)CC)c1)NCCC(F)(F)F.I. The molecule has 0 aliphatic rings. The van der Waals surface area contributed by atoms with E-state index in [0.29, 0.717) is 18.1 Å². The van der Waals surface area contributed by atoms with Gasteiger partial charge >= 0.3 is 6.18 Å². The summed E-state index contributed by atoms with van der Waals surface area (Å²) in [4.78, 5) is 16.4. The number of rotatable bonds is 8. The van der Waals surface area contributed by atoms with E-state index in [1.165, 1.54) is 0 Å². The number of amides is 1. The van der Waals surface area contributed by atoms with Crippen molar-refractivity contribution in [2.75, 3.05) is 13.1 Å². The third kappa shape index (κ3) is 11.0. The van der Waals surface area contributed by atoms with Crippen molar-refractivity contribution in [3.05, 3.63) is 35.4 Å². The number of carbonyl (C=O) groups excluding carboxylic acids is 1. The van der Waals surface area contributed by atoms with Gasteiger partial charge in [-0.2, -0.15) is 13.2 Å². The number of hydrogen-bond acceptors (Lipinski definition) is 2. The molecule has 1 atom stereocenters. The molecule has 1 rings (SSSR count). The lowest BCUT2D eigenvalue weighted by Gasteiger charge is -2.13. The molecule has 0 aromatic heterocycles. The van der Waals surface area contributed by atoms with Crippen LogP contribution in [-0.2, 0) is 6.54 Å². The molecule has 0 aliphatic heterocycles. The fourth-order valence-corrected chi connectivity index (χ4v) is 2.05. The van der Waals surface area contributed by atoms with Gasteiger partial charge in [-0.3, -0.25) is 4.79 Å². The molecule has 0 heterocycles. The number of nitrogens with zero attached hydrogens (tertiary/aromatic N) is 1. The second-order valence-electron chi connectivity index (χ2n) is 5.97. The van der Waals surface area contributed by atoms with Crippen LogP contribution < -0.4 is 16.0 Å². The van der Waals surface area contributed by atoms with E-state index >= 15 is 0 Å². The summed E-state index contributed by atoms with van der Waals surface area (Å²) in [5.41, 5.74) is 1.34. The minimum atomic E-state index is -4.21. The monoisotopic (exact) mass is 500 g/mol. The molecule has 0 bridgehead atoms. The van der Waals surface area contributed by atoms with Crippen LogP contribution in [0.2, 0.25) is 0 Å². The molecule has 154 valence electrons. The Morgan fingerprint density at radius 2 is 1.93 bits per heavy atom. The van der Waals surface area contributed by atoms with Crippen LogP contribution in [0.5, 0.6) is 0 Å². The third-order valence-corrected chi connectivity index (χ3v) is 3.64. The molecule has 1 amide bonds. The summed E-state index contributed by atoms with van der Waals surface area (Å²) in [6.45, 7) is 6.31. The maximum atomic E-state index is 12.2. The van der Waals surface area contributed by atoms with Crippen LogP contribution in [0.1, 0.15) is 49.5 Å². The Morgan fingerprint density at radius 3 is 2.52 bits per heavy atom. The Bertz CT molecular complexity index is 609. The highest BCUT2D eigenvalue weighted by Crippen LogP contribution is 2.18. The van der Waals surface area contributed by atoms with Crippen LogP contribution in [0, 0.1) is 0 Å². The molecule has 0 spiro atoms. The maximum absolute atomic E-state index is 12.2. The van der Waals surface area contributed by atoms with Crippen LogP contribution in [-0.4, -0.2) is 37.2 Å². The van der Waals surface area contributed by atoms with Crippen molar-refractivity contribution >= 4 is 35.8 Å². The molecule has 27 heavy (non-hydrogen) atoms. The number of hydrogen-bond donors (Lipinski definition) is 3. The van der Waals surface area contributed by atoms with E-state index in [0.717, 1.165) is 12.0 Å². The van der Waals surface area contributed by atoms with E-state index in [1.807, 2.05) is 26.8 Å². The van der Waals surface area contributed by atoms with E-state index in [9.17, 15) is 18.0 Å². The number of alkyl halides is 3. The van der Waals surface area contributed by atoms with E-state index in [1.54, 1.807) is 18.2 Å². The molecular weight excluding hydrogens is 472 g/mol. The van der Waals surface area contributed by atoms with Crippen LogP contribution in [0.25, 0.3) is 0 Å². The van der Waals surface area contributed by atoms with Crippen LogP contribution in [0.3, 0.4) is 0 Å². The van der Waals surface area contributed by atoms with E-state index in [4.69, 9.17) is 0 Å². The fraction of sp³-hybridized carbons (Fsp3) is 0.556. The highest BCUT2D eigenvalue weighted by molar-refractivity contribution is 14.0. The van der Waals surface area contributed by atoms with Gasteiger partial charge in [0, 0.05) is 24.7 Å². The maximum Gasteiger partial charge on any atom is 0.390 e. The van der Waals surface area contributed by atoms with Gasteiger partial charge in [0.15, 0.2) is 5.96 Å². The van der Waals surface area contributed by atoms with Gasteiger partial charge in [-0.25, -0.2) is 4.99 Å². The van der Waals surface area contributed by atoms with Gasteiger partial charge in [0.1, 0.15) is 0 Å². The lowest BCUT2D eigenvalue weighted by Crippen LogP contribution is -2.38. The molecule has 9 heteroatoms. The standard InChI is InChI=1S/C18H27F3N4O.HI/c1-4-13(3)25-16(26)15-8-6-7-14(11-15)12-24-17(22-5-2)23-10-9-18(19,20)21;/h6-8,11,13H,4-5,9-10,12H2,1-3H3,(H,25,26)(H2,22,23,24);1H. The van der Waals surface area contributed by atoms with Crippen molar-refractivity contribution in [1.29, 1.82) is 0 Å². The predicted molar refractivity (Wildman–Crippen MR) is 113 cm³/mol. The van der Waals surface area contributed by atoms with Crippen LogP contribution in [0.4, 0.5) is 13.2 Å². The first kappa shape index (κ1) is 25.5. The van der Waals surface area contributed by atoms with Gasteiger partial charge in [0.05, 0.1) is 13.0 Å². The Hall–Kier alpha value is -1.52. The van der Waals surface area contributed by atoms with Gasteiger partial charge in [-0.1, -0.05) is 19.1 Å². The second kappa shape index (κ2) is 12.8. The second-order valence-corrected chi connectivity index (χ2v) is 5.97. The first-order valence-electron chi connectivity index (χ1n) is 8.73. The molecule has 0 fully saturated rings. The fourth-order valence-electron chi connectivity index (χ4n) is 2.05. The number of guanidine groups is 1. The molecule has 1 aromatic carbocycles. The van der Waals surface area contributed by atoms with Gasteiger partial charge in [-0.05, 0) is 38.0 Å². The Kier molecular flexibility index (Phi) is 12.1. The summed E-state index contributed by atoms with van der Waals surface area (Å²) in [6.07, 6.45) is -4.30. The molecule has 3 N–H and O–H groups in total. The van der Waals surface area contributed by atoms with Crippen molar-refractivity contribution in [3.8, 4) is 0 Å². The van der Waals surface area contributed by atoms with Gasteiger partial charge in [-0.15, -0.1) is 24.0 Å². The van der Waals surface area contributed by atoms with E-state index in [-0.39, 0.29) is 49.0 Å². The zero-order valence-electron chi connectivity index (χ0n) is 15.8. The van der Waals surface area contributed by atoms with E-state index in [2.05, 4.69) is 20.9 Å². The van der Waals surface area contributed by atoms with E-state index < -0.39 is 12.6 Å². The summed E-state index contributed by atoms with van der Waals surface area (Å²) >= 11 is 0. The quantitative estimate of drug-likeness (QED) is 0.289. The minimum Gasteiger partial charge on any atom is -0.357 e. The Labute approximate surface area is 175 Å². The molecule has 0 radical (unpaired) electrons. The summed E-state index contributed by atoms with van der Waals surface area (Å²) in [6, 6.07) is 7.13. The molecule has 1 unspecified atom stereocenters. The molecule has 0 aliphatic carbocycles. The number of benzene rings is 1. The highest BCUT2D eigenvalue weighted by Gasteiger charge is 2.26. The van der Waals surface area contributed by atoms with Crippen LogP contribution >= 0.6 is 24.0 Å². The number of aliphatic imine (C=N–C) groups is 1. The smallest absolute Gasteiger partial charge is 0.357 e. The third-order valence-electron chi connectivity index (χ3n) is 3.64. The van der Waals surface area contributed by atoms with Crippen molar-refractivity contribution in [2.45, 2.75) is 52.4 Å². The average Bonchev–Trinajstić information content (AvgIpc) is 2.58. The van der Waals surface area contributed by atoms with Crippen molar-refractivity contribution in [1.82, 2.24) is 16.0 Å². The number of carbonyl (C=O) groups is 1. The zero-order valence-corrected chi connectivity index (χ0v) is 18.2. The molecule has 5 nitrogen and oxygen atoms in total. The Balaban J connectivity index is 0.00000676. The van der Waals surface area contributed by atoms with Gasteiger partial charge in [0.2, 0.25) is 0 Å². The van der Waals surface area contributed by atoms with Crippen LogP contribution in [0.15, 0.2) is 29.3 Å². The van der Waals surface area contributed by atoms with Crippen molar-refractivity contribution in [3.63, 3.8) is 0 Å². The van der Waals surface area contributed by atoms with Crippen molar-refractivity contribution in [2.24, 2.45) is 4.99 Å². The van der Waals surface area contributed by atoms with Gasteiger partial charge in [0.25, 0.3) is 5.91 Å². The number of halogens is 4. The topological polar surface area (TPSA) is 65.5 Å². The van der Waals surface area contributed by atoms with Gasteiger partial charge < -0.3 is 16.0 Å². The zero-order chi connectivity index (χ0) is 19.6. The summed E-state index contributed by atoms with van der Waals surface area (Å²) in [5, 5.41) is 8.45. The first-order valence-corrected chi connectivity index (χ1v) is 8.73. The lowest BCUT2D eigenvalue weighted by molar-refractivity contribution is -0.132. The largest absolute Gasteiger partial charge is 0.390 e. The molecular formula is C18H28F3IN4O. The summed E-state index contributed by atoms with van der Waals surface area (Å²) < 4.78 is 36.7. The average molecular weight is 500 g/mol. The normalized spacial score (nSPS) is 12.7. The first-order chi connectivity index (χ1) is 12.2. The number of nitrogens with one attached hydrogen (secondary N) is 3. The summed E-state index contributed by atoms with van der Waals surface area (Å²) in [7, 11) is 0. The molecule has 0 saturated heterocycles. The molecule has 1 aromatic rings. The Morgan fingerprint density at radius 1 is 1.22 bits per heavy atom. The van der Waals surface area contributed by atoms with Crippen molar-refractivity contribution < 1.29 is 18.0 Å². The predicted octanol–water partition coefficient (Wildman–Crippen LogP) is 3.84. The lowest BCUT2D eigenvalue weighted by atomic mass is 10.1. The summed E-state index contributed by atoms with van der Waals surface area (Å²) in [5.74, 6) is 0.159. The minimum absolute atomic E-state index is 0. The highest BCUT2D eigenvalue weighted by atomic mass is 127.